The van der Waals surface area contributed by atoms with Crippen molar-refractivity contribution in [1.29, 1.82) is 0 Å². The molecule has 0 aliphatic carbocycles. The van der Waals surface area contributed by atoms with Crippen molar-refractivity contribution in [2.24, 2.45) is 0 Å². The molecule has 0 saturated heterocycles. The quantitative estimate of drug-likeness (QED) is 0.829. The fourth-order valence-electron chi connectivity index (χ4n) is 2.11. The van der Waals surface area contributed by atoms with Gasteiger partial charge in [0.25, 0.3) is 0 Å². The van der Waals surface area contributed by atoms with Gasteiger partial charge in [0.15, 0.2) is 6.10 Å². The molecule has 0 spiro atoms. The normalized spacial score (nSPS) is 13.9. The number of rotatable bonds is 4. The molecular formula is C16H13F5O2. The van der Waals surface area contributed by atoms with Crippen LogP contribution in [0, 0.1) is 0 Å². The Morgan fingerprint density at radius 3 is 1.61 bits per heavy atom. The average molecular weight is 332 g/mol. The van der Waals surface area contributed by atoms with E-state index in [4.69, 9.17) is 10.2 Å². The van der Waals surface area contributed by atoms with Gasteiger partial charge in [0.05, 0.1) is 6.42 Å². The number of aliphatic hydroxyl groups is 2. The van der Waals surface area contributed by atoms with Gasteiger partial charge in [0.1, 0.15) is 0 Å². The van der Waals surface area contributed by atoms with Gasteiger partial charge in [0.2, 0.25) is 0 Å². The van der Waals surface area contributed by atoms with Crippen LogP contribution in [0.25, 0.3) is 11.1 Å². The maximum atomic E-state index is 12.5. The van der Waals surface area contributed by atoms with E-state index in [-0.39, 0.29) is 11.1 Å². The lowest BCUT2D eigenvalue weighted by atomic mass is 10.00. The van der Waals surface area contributed by atoms with Gasteiger partial charge in [-0.2, -0.15) is 22.0 Å². The molecule has 0 radical (unpaired) electrons. The van der Waals surface area contributed by atoms with E-state index >= 15 is 0 Å². The predicted molar refractivity (Wildman–Crippen MR) is 73.8 cm³/mol. The Kier molecular flexibility index (Phi) is 4.72. The van der Waals surface area contributed by atoms with Crippen molar-refractivity contribution in [2.45, 2.75) is 24.8 Å². The Morgan fingerprint density at radius 2 is 1.22 bits per heavy atom. The molecule has 2 N–H and O–H groups in total. The van der Waals surface area contributed by atoms with Crippen LogP contribution in [0.1, 0.15) is 17.2 Å². The van der Waals surface area contributed by atoms with Crippen LogP contribution >= 0.6 is 0 Å². The Labute approximate surface area is 128 Å². The molecule has 0 aliphatic rings. The van der Waals surface area contributed by atoms with Crippen molar-refractivity contribution in [1.82, 2.24) is 0 Å². The monoisotopic (exact) mass is 332 g/mol. The zero-order valence-electron chi connectivity index (χ0n) is 11.7. The molecule has 23 heavy (non-hydrogen) atoms. The van der Waals surface area contributed by atoms with Crippen LogP contribution in [-0.4, -0.2) is 22.5 Å². The van der Waals surface area contributed by atoms with Gasteiger partial charge in [-0.05, 0) is 22.3 Å². The van der Waals surface area contributed by atoms with E-state index in [0.717, 1.165) is 12.1 Å². The minimum absolute atomic E-state index is 0.227. The van der Waals surface area contributed by atoms with E-state index in [1.165, 1.54) is 36.4 Å². The third-order valence-electron chi connectivity index (χ3n) is 3.24. The molecule has 0 aromatic heterocycles. The Hall–Kier alpha value is -1.99. The maximum Gasteiger partial charge on any atom is 0.418 e. The first-order valence-electron chi connectivity index (χ1n) is 6.60. The second-order valence-corrected chi connectivity index (χ2v) is 5.11. The van der Waals surface area contributed by atoms with Crippen molar-refractivity contribution >= 4 is 0 Å². The summed E-state index contributed by atoms with van der Waals surface area (Å²) in [5, 5.41) is 17.6. The number of aliphatic hydroxyl groups excluding tert-OH is 1. The molecule has 0 aliphatic heterocycles. The summed E-state index contributed by atoms with van der Waals surface area (Å²) in [6.45, 7) is 0. The molecule has 1 atom stereocenters. The van der Waals surface area contributed by atoms with Gasteiger partial charge in [0, 0.05) is 0 Å². The summed E-state index contributed by atoms with van der Waals surface area (Å²) >= 11 is 0. The summed E-state index contributed by atoms with van der Waals surface area (Å²) in [4.78, 5) is 0. The molecule has 2 aromatic rings. The first kappa shape index (κ1) is 17.4. The zero-order chi connectivity index (χ0) is 17.3. The van der Waals surface area contributed by atoms with E-state index in [9.17, 15) is 22.0 Å². The summed E-state index contributed by atoms with van der Waals surface area (Å²) in [7, 11) is 0. The molecule has 124 valence electrons. The topological polar surface area (TPSA) is 40.5 Å². The van der Waals surface area contributed by atoms with Crippen molar-refractivity contribution in [3.05, 3.63) is 59.7 Å². The molecule has 2 nitrogen and oxygen atoms in total. The predicted octanol–water partition coefficient (Wildman–Crippen LogP) is 4.08. The second kappa shape index (κ2) is 6.25. The number of hydrogen-bond acceptors (Lipinski definition) is 2. The highest BCUT2D eigenvalue weighted by atomic mass is 19.4. The molecule has 1 unspecified atom stereocenters. The van der Waals surface area contributed by atoms with Gasteiger partial charge in [-0.15, -0.1) is 0 Å². The van der Waals surface area contributed by atoms with Gasteiger partial charge in [-0.3, -0.25) is 0 Å². The number of alkyl halides is 5. The third-order valence-corrected chi connectivity index (χ3v) is 3.24. The molecule has 0 fully saturated rings. The molecule has 2 rings (SSSR count). The summed E-state index contributed by atoms with van der Waals surface area (Å²) < 4.78 is 62.2. The van der Waals surface area contributed by atoms with Crippen molar-refractivity contribution < 1.29 is 32.2 Å². The SMILES string of the molecule is OC(c1ccc(-c2ccc(CC(O)(F)F)cc2)cc1)C(F)(F)F. The zero-order valence-corrected chi connectivity index (χ0v) is 11.7. The summed E-state index contributed by atoms with van der Waals surface area (Å²) in [6, 6.07) is 11.0. The van der Waals surface area contributed by atoms with Gasteiger partial charge < -0.3 is 10.2 Å². The third kappa shape index (κ3) is 4.74. The highest BCUT2D eigenvalue weighted by Gasteiger charge is 2.39. The van der Waals surface area contributed by atoms with E-state index in [1.54, 1.807) is 0 Å². The standard InChI is InChI=1S/C16H13F5O2/c17-15(18,23)9-10-1-3-11(4-2-10)12-5-7-13(8-6-12)14(22)16(19,20)21/h1-8,14,22-23H,9H2. The van der Waals surface area contributed by atoms with Crippen LogP contribution < -0.4 is 0 Å². The fraction of sp³-hybridized carbons (Fsp3) is 0.250. The van der Waals surface area contributed by atoms with E-state index in [2.05, 4.69) is 0 Å². The summed E-state index contributed by atoms with van der Waals surface area (Å²) in [5.41, 5.74) is 1.14. The second-order valence-electron chi connectivity index (χ2n) is 5.11. The van der Waals surface area contributed by atoms with Crippen molar-refractivity contribution in [3.8, 4) is 11.1 Å². The summed E-state index contributed by atoms with van der Waals surface area (Å²) in [6.07, 6.45) is -11.9. The maximum absolute atomic E-state index is 12.5. The lowest BCUT2D eigenvalue weighted by molar-refractivity contribution is -0.206. The van der Waals surface area contributed by atoms with Gasteiger partial charge >= 0.3 is 12.3 Å². The minimum atomic E-state index is -4.74. The Balaban J connectivity index is 2.17. The molecule has 0 saturated carbocycles. The van der Waals surface area contributed by atoms with E-state index in [0.29, 0.717) is 11.1 Å². The van der Waals surface area contributed by atoms with Crippen LogP contribution in [0.15, 0.2) is 48.5 Å². The van der Waals surface area contributed by atoms with Crippen LogP contribution in [0.5, 0.6) is 0 Å². The summed E-state index contributed by atoms with van der Waals surface area (Å²) in [5.74, 6) is 0. The highest BCUT2D eigenvalue weighted by Crippen LogP contribution is 2.33. The highest BCUT2D eigenvalue weighted by molar-refractivity contribution is 5.64. The molecule has 0 heterocycles. The lowest BCUT2D eigenvalue weighted by Gasteiger charge is -2.15. The van der Waals surface area contributed by atoms with E-state index < -0.39 is 24.8 Å². The smallest absolute Gasteiger partial charge is 0.379 e. The van der Waals surface area contributed by atoms with Gasteiger partial charge in [-0.1, -0.05) is 48.5 Å². The first-order chi connectivity index (χ1) is 10.6. The van der Waals surface area contributed by atoms with Crippen LogP contribution in [0.4, 0.5) is 22.0 Å². The Bertz CT molecular complexity index is 642. The van der Waals surface area contributed by atoms with Crippen molar-refractivity contribution in [3.63, 3.8) is 0 Å². The van der Waals surface area contributed by atoms with Crippen molar-refractivity contribution in [2.75, 3.05) is 0 Å². The largest absolute Gasteiger partial charge is 0.418 e. The molecule has 7 heteroatoms. The van der Waals surface area contributed by atoms with E-state index in [1.807, 2.05) is 0 Å². The number of halogens is 5. The van der Waals surface area contributed by atoms with Crippen LogP contribution in [0.3, 0.4) is 0 Å². The molecule has 0 bridgehead atoms. The first-order valence-corrected chi connectivity index (χ1v) is 6.60. The molecular weight excluding hydrogens is 319 g/mol. The molecule has 0 amide bonds. The van der Waals surface area contributed by atoms with Gasteiger partial charge in [-0.25, -0.2) is 0 Å². The number of benzene rings is 2. The fourth-order valence-corrected chi connectivity index (χ4v) is 2.11. The van der Waals surface area contributed by atoms with Crippen LogP contribution in [-0.2, 0) is 6.42 Å². The van der Waals surface area contributed by atoms with Crippen LogP contribution in [0.2, 0.25) is 0 Å². The minimum Gasteiger partial charge on any atom is -0.379 e. The number of hydrogen-bond donors (Lipinski definition) is 2. The molecule has 2 aromatic carbocycles. The lowest BCUT2D eigenvalue weighted by Crippen LogP contribution is -2.19. The Morgan fingerprint density at radius 1 is 0.783 bits per heavy atom. The average Bonchev–Trinajstić information content (AvgIpc) is 2.45.